The van der Waals surface area contributed by atoms with E-state index in [4.69, 9.17) is 28.6 Å². The van der Waals surface area contributed by atoms with Crippen molar-refractivity contribution in [2.75, 3.05) is 17.2 Å². The Hall–Kier alpha value is -2.64. The number of rotatable bonds is 10. The molecule has 3 N–H and O–H groups in total. The number of unbranched alkanes of at least 4 members (excludes halogenated alkanes) is 2. The van der Waals surface area contributed by atoms with Crippen molar-refractivity contribution < 1.29 is 14.3 Å². The van der Waals surface area contributed by atoms with Crippen molar-refractivity contribution in [2.24, 2.45) is 0 Å². The van der Waals surface area contributed by atoms with Crippen molar-refractivity contribution in [3.05, 3.63) is 53.1 Å². The van der Waals surface area contributed by atoms with Crippen LogP contribution in [0.2, 0.25) is 5.02 Å². The van der Waals surface area contributed by atoms with Crippen LogP contribution in [0.15, 0.2) is 42.5 Å². The number of amides is 2. The van der Waals surface area contributed by atoms with Gasteiger partial charge in [-0.05, 0) is 67.5 Å². The highest BCUT2D eigenvalue weighted by Gasteiger charge is 2.11. The van der Waals surface area contributed by atoms with Crippen LogP contribution in [0.25, 0.3) is 0 Å². The molecule has 0 heterocycles. The molecular formula is C23H28ClN3O3S. The Bertz CT molecular complexity index is 903. The Kier molecular flexibility index (Phi) is 10.3. The van der Waals surface area contributed by atoms with Crippen LogP contribution in [0.5, 0.6) is 5.75 Å². The molecule has 0 saturated heterocycles. The molecule has 166 valence electrons. The van der Waals surface area contributed by atoms with Crippen molar-refractivity contribution in [1.29, 1.82) is 0 Å². The summed E-state index contributed by atoms with van der Waals surface area (Å²) in [6.07, 6.45) is 4.46. The fourth-order valence-electron chi connectivity index (χ4n) is 2.72. The summed E-state index contributed by atoms with van der Waals surface area (Å²) in [5.41, 5.74) is 1.53. The maximum Gasteiger partial charge on any atom is 0.257 e. The minimum Gasteiger partial charge on any atom is -0.494 e. The van der Waals surface area contributed by atoms with Crippen LogP contribution in [0, 0.1) is 0 Å². The lowest BCUT2D eigenvalue weighted by Crippen LogP contribution is -2.34. The first kappa shape index (κ1) is 24.6. The summed E-state index contributed by atoms with van der Waals surface area (Å²) in [7, 11) is 0. The Morgan fingerprint density at radius 3 is 2.42 bits per heavy atom. The standard InChI is InChI=1S/C23H28ClN3O3S/c1-3-5-6-14-30-18-11-8-16(9-12-18)22(29)27-23(31)26-20-15-17(10-13-19(20)24)25-21(28)7-4-2/h8-13,15H,3-7,14H2,1-2H3,(H,25,28)(H2,26,27,29,31). The summed E-state index contributed by atoms with van der Waals surface area (Å²) in [5.74, 6) is 0.296. The lowest BCUT2D eigenvalue weighted by atomic mass is 10.2. The molecule has 0 aromatic heterocycles. The molecule has 0 radical (unpaired) electrons. The van der Waals surface area contributed by atoms with Gasteiger partial charge in [0.05, 0.1) is 17.3 Å². The van der Waals surface area contributed by atoms with Crippen LogP contribution in [0.1, 0.15) is 56.3 Å². The van der Waals surface area contributed by atoms with E-state index in [9.17, 15) is 9.59 Å². The summed E-state index contributed by atoms with van der Waals surface area (Å²) in [4.78, 5) is 24.2. The predicted octanol–water partition coefficient (Wildman–Crippen LogP) is 5.77. The topological polar surface area (TPSA) is 79.5 Å². The van der Waals surface area contributed by atoms with Gasteiger partial charge in [0, 0.05) is 17.7 Å². The molecule has 2 aromatic carbocycles. The van der Waals surface area contributed by atoms with Gasteiger partial charge in [-0.1, -0.05) is 38.3 Å². The van der Waals surface area contributed by atoms with Crippen LogP contribution >= 0.6 is 23.8 Å². The minimum absolute atomic E-state index is 0.0792. The summed E-state index contributed by atoms with van der Waals surface area (Å²) in [6, 6.07) is 11.9. The van der Waals surface area contributed by atoms with Crippen LogP contribution in [-0.4, -0.2) is 23.5 Å². The fourth-order valence-corrected chi connectivity index (χ4v) is 3.09. The van der Waals surface area contributed by atoms with Gasteiger partial charge in [0.1, 0.15) is 5.75 Å². The second-order valence-electron chi connectivity index (χ2n) is 6.98. The minimum atomic E-state index is -0.349. The zero-order valence-electron chi connectivity index (χ0n) is 17.8. The van der Waals surface area contributed by atoms with E-state index in [0.29, 0.717) is 35.0 Å². The highest BCUT2D eigenvalue weighted by atomic mass is 35.5. The molecule has 2 rings (SSSR count). The maximum atomic E-state index is 12.5. The molecule has 0 spiro atoms. The van der Waals surface area contributed by atoms with Gasteiger partial charge in [-0.25, -0.2) is 0 Å². The summed E-state index contributed by atoms with van der Waals surface area (Å²) >= 11 is 11.4. The van der Waals surface area contributed by atoms with Gasteiger partial charge >= 0.3 is 0 Å². The first-order valence-corrected chi connectivity index (χ1v) is 11.2. The van der Waals surface area contributed by atoms with Gasteiger partial charge < -0.3 is 15.4 Å². The van der Waals surface area contributed by atoms with Crippen molar-refractivity contribution in [3.8, 4) is 5.75 Å². The Morgan fingerprint density at radius 1 is 1.00 bits per heavy atom. The Labute approximate surface area is 193 Å². The van der Waals surface area contributed by atoms with Crippen molar-refractivity contribution >= 4 is 52.1 Å². The summed E-state index contributed by atoms with van der Waals surface area (Å²) in [6.45, 7) is 4.73. The molecule has 0 bridgehead atoms. The van der Waals surface area contributed by atoms with Crippen molar-refractivity contribution in [1.82, 2.24) is 5.32 Å². The monoisotopic (exact) mass is 461 g/mol. The smallest absolute Gasteiger partial charge is 0.257 e. The third-order valence-electron chi connectivity index (χ3n) is 4.34. The summed E-state index contributed by atoms with van der Waals surface area (Å²) < 4.78 is 5.66. The number of benzene rings is 2. The quantitative estimate of drug-likeness (QED) is 0.309. The molecule has 0 fully saturated rings. The van der Waals surface area contributed by atoms with Crippen LogP contribution < -0.4 is 20.7 Å². The molecule has 2 amide bonds. The van der Waals surface area contributed by atoms with Gasteiger partial charge in [0.25, 0.3) is 5.91 Å². The van der Waals surface area contributed by atoms with Gasteiger partial charge in [0.2, 0.25) is 5.91 Å². The molecule has 8 heteroatoms. The molecular weight excluding hydrogens is 434 g/mol. The third-order valence-corrected chi connectivity index (χ3v) is 4.87. The van der Waals surface area contributed by atoms with E-state index in [1.807, 2.05) is 6.92 Å². The first-order chi connectivity index (χ1) is 14.9. The molecule has 2 aromatic rings. The average Bonchev–Trinajstić information content (AvgIpc) is 2.74. The number of nitrogens with one attached hydrogen (secondary N) is 3. The second kappa shape index (κ2) is 12.9. The lowest BCUT2D eigenvalue weighted by molar-refractivity contribution is -0.116. The molecule has 0 unspecified atom stereocenters. The van der Waals surface area contributed by atoms with E-state index in [0.717, 1.165) is 31.4 Å². The number of carbonyl (C=O) groups excluding carboxylic acids is 2. The van der Waals surface area contributed by atoms with Crippen LogP contribution in [-0.2, 0) is 4.79 Å². The fraction of sp³-hybridized carbons (Fsp3) is 0.348. The maximum absolute atomic E-state index is 12.5. The number of thiocarbonyl (C=S) groups is 1. The number of halogens is 1. The highest BCUT2D eigenvalue weighted by Crippen LogP contribution is 2.25. The average molecular weight is 462 g/mol. The zero-order valence-corrected chi connectivity index (χ0v) is 19.4. The van der Waals surface area contributed by atoms with Crippen LogP contribution in [0.3, 0.4) is 0 Å². The Morgan fingerprint density at radius 2 is 1.74 bits per heavy atom. The predicted molar refractivity (Wildman–Crippen MR) is 130 cm³/mol. The zero-order chi connectivity index (χ0) is 22.6. The van der Waals surface area contributed by atoms with E-state index in [1.54, 1.807) is 42.5 Å². The van der Waals surface area contributed by atoms with E-state index < -0.39 is 0 Å². The number of anilines is 2. The number of carbonyl (C=O) groups is 2. The largest absolute Gasteiger partial charge is 0.494 e. The lowest BCUT2D eigenvalue weighted by Gasteiger charge is -2.13. The van der Waals surface area contributed by atoms with Gasteiger partial charge in [-0.3, -0.25) is 14.9 Å². The Balaban J connectivity index is 1.91. The van der Waals surface area contributed by atoms with Crippen molar-refractivity contribution in [2.45, 2.75) is 46.0 Å². The van der Waals surface area contributed by atoms with E-state index in [-0.39, 0.29) is 16.9 Å². The number of hydrogen-bond acceptors (Lipinski definition) is 4. The van der Waals surface area contributed by atoms with E-state index in [1.165, 1.54) is 0 Å². The van der Waals surface area contributed by atoms with E-state index >= 15 is 0 Å². The third kappa shape index (κ3) is 8.55. The molecule has 0 aliphatic carbocycles. The normalized spacial score (nSPS) is 10.3. The van der Waals surface area contributed by atoms with Crippen molar-refractivity contribution in [3.63, 3.8) is 0 Å². The molecule has 0 aliphatic heterocycles. The molecule has 6 nitrogen and oxygen atoms in total. The van der Waals surface area contributed by atoms with Gasteiger partial charge in [0.15, 0.2) is 5.11 Å². The van der Waals surface area contributed by atoms with Crippen LogP contribution in [0.4, 0.5) is 11.4 Å². The van der Waals surface area contributed by atoms with Gasteiger partial charge in [-0.2, -0.15) is 0 Å². The highest BCUT2D eigenvalue weighted by molar-refractivity contribution is 7.80. The molecule has 31 heavy (non-hydrogen) atoms. The summed E-state index contributed by atoms with van der Waals surface area (Å²) in [5, 5.41) is 8.84. The number of hydrogen-bond donors (Lipinski definition) is 3. The second-order valence-corrected chi connectivity index (χ2v) is 7.80. The molecule has 0 atom stereocenters. The number of ether oxygens (including phenoxy) is 1. The molecule has 0 saturated carbocycles. The van der Waals surface area contributed by atoms with E-state index in [2.05, 4.69) is 22.9 Å². The first-order valence-electron chi connectivity index (χ1n) is 10.4. The van der Waals surface area contributed by atoms with Gasteiger partial charge in [-0.15, -0.1) is 0 Å². The molecule has 0 aliphatic rings. The SMILES string of the molecule is CCCCCOc1ccc(C(=O)NC(=S)Nc2cc(NC(=O)CCC)ccc2Cl)cc1.